The first kappa shape index (κ1) is 13.9. The minimum Gasteiger partial charge on any atom is -0.263 e. The Bertz CT molecular complexity index is 796. The Morgan fingerprint density at radius 3 is 2.62 bits per heavy atom. The molecule has 0 unspecified atom stereocenters. The van der Waals surface area contributed by atoms with Crippen molar-refractivity contribution >= 4 is 22.4 Å². The van der Waals surface area contributed by atoms with Gasteiger partial charge in [-0.05, 0) is 23.1 Å². The van der Waals surface area contributed by atoms with Gasteiger partial charge in [-0.15, -0.1) is 0 Å². The molecular weight excluding hydrogens is 303 g/mol. The van der Waals surface area contributed by atoms with Crippen LogP contribution >= 0.6 is 11.6 Å². The van der Waals surface area contributed by atoms with Crippen molar-refractivity contribution in [2.45, 2.75) is 12.7 Å². The zero-order chi connectivity index (χ0) is 15.0. The van der Waals surface area contributed by atoms with Crippen molar-refractivity contribution in [3.05, 3.63) is 48.0 Å². The lowest BCUT2D eigenvalue weighted by Crippen LogP contribution is -2.17. The second-order valence-corrected chi connectivity index (χ2v) is 5.00. The zero-order valence-corrected chi connectivity index (χ0v) is 11.4. The maximum Gasteiger partial charge on any atom is 0.408 e. The highest BCUT2D eigenvalue weighted by molar-refractivity contribution is 6.30. The summed E-state index contributed by atoms with van der Waals surface area (Å²) in [4.78, 5) is 3.98. The van der Waals surface area contributed by atoms with E-state index in [9.17, 15) is 13.2 Å². The number of fused-ring (bicyclic) bond motifs is 1. The molecule has 7 heteroatoms. The van der Waals surface area contributed by atoms with Crippen LogP contribution in [0.15, 0.2) is 42.9 Å². The Labute approximate surface area is 123 Å². The number of rotatable bonds is 2. The van der Waals surface area contributed by atoms with E-state index in [1.807, 2.05) is 18.2 Å². The van der Waals surface area contributed by atoms with Crippen molar-refractivity contribution in [3.63, 3.8) is 0 Å². The molecule has 0 aliphatic rings. The lowest BCUT2D eigenvalue weighted by molar-refractivity contribution is -0.142. The van der Waals surface area contributed by atoms with Crippen LogP contribution in [-0.2, 0) is 6.54 Å². The van der Waals surface area contributed by atoms with Gasteiger partial charge in [0.05, 0.1) is 6.20 Å². The number of hydrogen-bond acceptors (Lipinski definition) is 2. The molecule has 0 fully saturated rings. The molecule has 0 aliphatic carbocycles. The van der Waals surface area contributed by atoms with E-state index < -0.39 is 12.7 Å². The predicted octanol–water partition coefficient (Wildman–Crippen LogP) is 4.31. The van der Waals surface area contributed by atoms with Crippen molar-refractivity contribution in [1.29, 1.82) is 0 Å². The van der Waals surface area contributed by atoms with E-state index in [1.165, 1.54) is 12.4 Å². The second kappa shape index (κ2) is 5.04. The Morgan fingerprint density at radius 2 is 1.86 bits per heavy atom. The quantitative estimate of drug-likeness (QED) is 0.660. The first-order valence-corrected chi connectivity index (χ1v) is 6.43. The summed E-state index contributed by atoms with van der Waals surface area (Å²) in [7, 11) is 0. The molecule has 0 N–H and O–H groups in total. The Hall–Kier alpha value is -2.08. The topological polar surface area (TPSA) is 30.7 Å². The molecule has 21 heavy (non-hydrogen) atoms. The summed E-state index contributed by atoms with van der Waals surface area (Å²) in [6.45, 7) is -1.10. The van der Waals surface area contributed by atoms with Gasteiger partial charge in [0.15, 0.2) is 0 Å². The molecule has 0 saturated carbocycles. The van der Waals surface area contributed by atoms with Crippen LogP contribution in [0.1, 0.15) is 0 Å². The molecule has 0 amide bonds. The summed E-state index contributed by atoms with van der Waals surface area (Å²) >= 11 is 5.84. The summed E-state index contributed by atoms with van der Waals surface area (Å²) in [6.07, 6.45) is 0.146. The van der Waals surface area contributed by atoms with Crippen LogP contribution in [0.2, 0.25) is 5.15 Å². The number of benzene rings is 1. The molecule has 0 aliphatic heterocycles. The molecule has 2 aromatic heterocycles. The van der Waals surface area contributed by atoms with Crippen molar-refractivity contribution in [3.8, 4) is 11.1 Å². The van der Waals surface area contributed by atoms with Crippen molar-refractivity contribution in [2.75, 3.05) is 0 Å². The summed E-state index contributed by atoms with van der Waals surface area (Å²) in [5.41, 5.74) is 1.40. The van der Waals surface area contributed by atoms with Crippen molar-refractivity contribution in [1.82, 2.24) is 14.8 Å². The zero-order valence-electron chi connectivity index (χ0n) is 10.6. The smallest absolute Gasteiger partial charge is 0.263 e. The minimum absolute atomic E-state index is 0.368. The highest BCUT2D eigenvalue weighted by Crippen LogP contribution is 2.26. The van der Waals surface area contributed by atoms with Gasteiger partial charge in [-0.1, -0.05) is 23.7 Å². The standard InChI is InChI=1S/C14H9ClF3N3/c15-13-4-11-3-9(1-2-10(11)5-19-13)12-6-20-21(7-12)8-14(16,17)18/h1-7H,8H2. The van der Waals surface area contributed by atoms with E-state index in [1.54, 1.807) is 12.3 Å². The predicted molar refractivity (Wildman–Crippen MR) is 74.0 cm³/mol. The average molecular weight is 312 g/mol. The first-order chi connectivity index (χ1) is 9.90. The van der Waals surface area contributed by atoms with E-state index >= 15 is 0 Å². The van der Waals surface area contributed by atoms with Crippen LogP contribution in [-0.4, -0.2) is 20.9 Å². The van der Waals surface area contributed by atoms with Gasteiger partial charge in [0.1, 0.15) is 11.7 Å². The Morgan fingerprint density at radius 1 is 1.05 bits per heavy atom. The molecule has 3 nitrogen and oxygen atoms in total. The average Bonchev–Trinajstić information content (AvgIpc) is 2.84. The van der Waals surface area contributed by atoms with Crippen LogP contribution in [0, 0.1) is 0 Å². The van der Waals surface area contributed by atoms with Gasteiger partial charge < -0.3 is 0 Å². The first-order valence-electron chi connectivity index (χ1n) is 6.06. The van der Waals surface area contributed by atoms with E-state index in [-0.39, 0.29) is 0 Å². The summed E-state index contributed by atoms with van der Waals surface area (Å²) in [6, 6.07) is 7.21. The number of pyridine rings is 1. The molecule has 0 atom stereocenters. The summed E-state index contributed by atoms with van der Waals surface area (Å²) < 4.78 is 37.8. The summed E-state index contributed by atoms with van der Waals surface area (Å²) in [5, 5.41) is 5.88. The normalized spacial score (nSPS) is 12.0. The maximum absolute atomic E-state index is 12.3. The fourth-order valence-corrected chi connectivity index (χ4v) is 2.24. The largest absolute Gasteiger partial charge is 0.408 e. The third-order valence-electron chi connectivity index (χ3n) is 3.00. The monoisotopic (exact) mass is 311 g/mol. The van der Waals surface area contributed by atoms with Gasteiger partial charge in [-0.2, -0.15) is 18.3 Å². The molecule has 2 heterocycles. The van der Waals surface area contributed by atoms with Crippen molar-refractivity contribution in [2.24, 2.45) is 0 Å². The number of nitrogens with zero attached hydrogens (tertiary/aromatic N) is 3. The molecule has 108 valence electrons. The highest BCUT2D eigenvalue weighted by atomic mass is 35.5. The third-order valence-corrected chi connectivity index (χ3v) is 3.20. The van der Waals surface area contributed by atoms with Gasteiger partial charge in [0, 0.05) is 23.3 Å². The van der Waals surface area contributed by atoms with E-state index in [4.69, 9.17) is 11.6 Å². The van der Waals surface area contributed by atoms with Gasteiger partial charge in [0.25, 0.3) is 0 Å². The molecule has 0 radical (unpaired) electrons. The maximum atomic E-state index is 12.3. The van der Waals surface area contributed by atoms with Crippen LogP contribution in [0.4, 0.5) is 13.2 Å². The molecule has 3 aromatic rings. The Kier molecular flexibility index (Phi) is 3.33. The van der Waals surface area contributed by atoms with Crippen LogP contribution < -0.4 is 0 Å². The lowest BCUT2D eigenvalue weighted by atomic mass is 10.1. The van der Waals surface area contributed by atoms with E-state index in [0.717, 1.165) is 21.0 Å². The fourth-order valence-electron chi connectivity index (χ4n) is 2.08. The van der Waals surface area contributed by atoms with E-state index in [0.29, 0.717) is 10.7 Å². The molecule has 3 rings (SSSR count). The Balaban J connectivity index is 1.96. The molecular formula is C14H9ClF3N3. The molecule has 0 bridgehead atoms. The molecule has 1 aromatic carbocycles. The number of halogens is 4. The second-order valence-electron chi connectivity index (χ2n) is 4.61. The van der Waals surface area contributed by atoms with Gasteiger partial charge in [-0.3, -0.25) is 4.68 Å². The van der Waals surface area contributed by atoms with Gasteiger partial charge in [-0.25, -0.2) is 4.98 Å². The summed E-state index contributed by atoms with van der Waals surface area (Å²) in [5.74, 6) is 0. The molecule has 0 saturated heterocycles. The van der Waals surface area contributed by atoms with Crippen LogP contribution in [0.5, 0.6) is 0 Å². The van der Waals surface area contributed by atoms with Gasteiger partial charge in [0.2, 0.25) is 0 Å². The number of hydrogen-bond donors (Lipinski definition) is 0. The van der Waals surface area contributed by atoms with Crippen LogP contribution in [0.25, 0.3) is 21.9 Å². The van der Waals surface area contributed by atoms with E-state index in [2.05, 4.69) is 10.1 Å². The lowest BCUT2D eigenvalue weighted by Gasteiger charge is -2.05. The third kappa shape index (κ3) is 3.16. The number of aromatic nitrogens is 3. The van der Waals surface area contributed by atoms with Gasteiger partial charge >= 0.3 is 6.18 Å². The SMILES string of the molecule is FC(F)(F)Cn1cc(-c2ccc3cnc(Cl)cc3c2)cn1. The minimum atomic E-state index is -4.29. The number of alkyl halides is 3. The molecule has 0 spiro atoms. The highest BCUT2D eigenvalue weighted by Gasteiger charge is 2.28. The van der Waals surface area contributed by atoms with Crippen LogP contribution in [0.3, 0.4) is 0 Å². The fraction of sp³-hybridized carbons (Fsp3) is 0.143. The van der Waals surface area contributed by atoms with Crippen molar-refractivity contribution < 1.29 is 13.2 Å².